The standard InChI is InChI=1S/C21H29ClO3/c1-12(9-10-15(4)22)17-16(5)13(2)11-14(3)18(17)19(20(23)24)25-21(6,7)8/h9-11,19H,1-8H3,(H,23,24). The highest BCUT2D eigenvalue weighted by molar-refractivity contribution is 6.29. The number of carboxylic acid groups (broad SMARTS) is 1. The van der Waals surface area contributed by atoms with Crippen LogP contribution in [-0.4, -0.2) is 16.7 Å². The highest BCUT2D eigenvalue weighted by atomic mass is 35.5. The number of carbonyl (C=O) groups is 1. The summed E-state index contributed by atoms with van der Waals surface area (Å²) in [7, 11) is 0. The lowest BCUT2D eigenvalue weighted by atomic mass is 9.86. The lowest BCUT2D eigenvalue weighted by Crippen LogP contribution is -2.28. The first-order valence-corrected chi connectivity index (χ1v) is 8.75. The minimum Gasteiger partial charge on any atom is -0.479 e. The number of benzene rings is 1. The summed E-state index contributed by atoms with van der Waals surface area (Å²) in [5.74, 6) is -0.987. The molecule has 25 heavy (non-hydrogen) atoms. The van der Waals surface area contributed by atoms with Gasteiger partial charge in [0.05, 0.1) is 5.60 Å². The smallest absolute Gasteiger partial charge is 0.337 e. The Labute approximate surface area is 156 Å². The van der Waals surface area contributed by atoms with Crippen molar-refractivity contribution in [3.8, 4) is 0 Å². The second kappa shape index (κ2) is 8.20. The third-order valence-corrected chi connectivity index (χ3v) is 4.13. The summed E-state index contributed by atoms with van der Waals surface area (Å²) in [6.07, 6.45) is 2.71. The Morgan fingerprint density at radius 1 is 1.16 bits per heavy atom. The minimum absolute atomic E-state index is 0.574. The maximum Gasteiger partial charge on any atom is 0.337 e. The predicted molar refractivity (Wildman–Crippen MR) is 105 cm³/mol. The summed E-state index contributed by atoms with van der Waals surface area (Å²) in [5, 5.41) is 10.5. The fourth-order valence-electron chi connectivity index (χ4n) is 2.86. The van der Waals surface area contributed by atoms with Crippen LogP contribution in [0.15, 0.2) is 23.3 Å². The quantitative estimate of drug-likeness (QED) is 0.642. The van der Waals surface area contributed by atoms with Crippen molar-refractivity contribution in [2.24, 2.45) is 0 Å². The summed E-state index contributed by atoms with van der Waals surface area (Å²) in [5.41, 5.74) is 5.10. The van der Waals surface area contributed by atoms with Gasteiger partial charge in [-0.25, -0.2) is 4.79 Å². The van der Waals surface area contributed by atoms with Crippen molar-refractivity contribution in [1.82, 2.24) is 0 Å². The zero-order valence-corrected chi connectivity index (χ0v) is 17.2. The Morgan fingerprint density at radius 3 is 2.16 bits per heavy atom. The van der Waals surface area contributed by atoms with Crippen molar-refractivity contribution < 1.29 is 14.6 Å². The van der Waals surface area contributed by atoms with Gasteiger partial charge < -0.3 is 9.84 Å². The van der Waals surface area contributed by atoms with Gasteiger partial charge in [-0.3, -0.25) is 0 Å². The minimum atomic E-state index is -1.03. The molecule has 0 saturated heterocycles. The summed E-state index contributed by atoms with van der Waals surface area (Å²) in [6.45, 7) is 15.3. The van der Waals surface area contributed by atoms with Crippen LogP contribution in [0.3, 0.4) is 0 Å². The molecule has 1 aromatic carbocycles. The molecule has 3 nitrogen and oxygen atoms in total. The molecule has 1 unspecified atom stereocenters. The highest BCUT2D eigenvalue weighted by Crippen LogP contribution is 2.36. The molecule has 0 heterocycles. The third-order valence-electron chi connectivity index (χ3n) is 4.01. The molecule has 1 rings (SSSR count). The number of aliphatic carboxylic acids is 1. The SMILES string of the molecule is CC(Cl)=CC=C(C)c1c(C)c(C)cc(C)c1C(OC(C)(C)C)C(=O)O. The molecule has 0 aliphatic rings. The van der Waals surface area contributed by atoms with Crippen molar-refractivity contribution in [3.63, 3.8) is 0 Å². The fraction of sp³-hybridized carbons (Fsp3) is 0.476. The fourth-order valence-corrected chi connectivity index (χ4v) is 2.93. The first-order chi connectivity index (χ1) is 11.3. The number of allylic oxidation sites excluding steroid dienone is 4. The van der Waals surface area contributed by atoms with E-state index in [0.29, 0.717) is 10.6 Å². The molecule has 0 aliphatic carbocycles. The average Bonchev–Trinajstić information content (AvgIpc) is 2.45. The molecule has 1 N–H and O–H groups in total. The Morgan fingerprint density at radius 2 is 1.72 bits per heavy atom. The molecule has 0 saturated carbocycles. The molecule has 0 fully saturated rings. The van der Waals surface area contributed by atoms with Gasteiger partial charge in [-0.2, -0.15) is 0 Å². The molecule has 0 aromatic heterocycles. The maximum atomic E-state index is 12.0. The van der Waals surface area contributed by atoms with Gasteiger partial charge in [0.1, 0.15) is 0 Å². The van der Waals surface area contributed by atoms with Crippen LogP contribution in [0.2, 0.25) is 0 Å². The van der Waals surface area contributed by atoms with Crippen molar-refractivity contribution in [2.75, 3.05) is 0 Å². The Bertz CT molecular complexity index is 718. The molecule has 0 aliphatic heterocycles. The summed E-state index contributed by atoms with van der Waals surface area (Å²) >= 11 is 5.95. The van der Waals surface area contributed by atoms with Gasteiger partial charge in [0.25, 0.3) is 0 Å². The maximum absolute atomic E-state index is 12.0. The molecular formula is C21H29ClO3. The molecule has 4 heteroatoms. The summed E-state index contributed by atoms with van der Waals surface area (Å²) < 4.78 is 5.91. The molecule has 0 spiro atoms. The predicted octanol–water partition coefficient (Wildman–Crippen LogP) is 6.10. The van der Waals surface area contributed by atoms with Crippen molar-refractivity contribution in [2.45, 2.75) is 67.1 Å². The Balaban J connectivity index is 3.73. The van der Waals surface area contributed by atoms with E-state index in [0.717, 1.165) is 27.8 Å². The Kier molecular flexibility index (Phi) is 7.04. The second-order valence-electron chi connectivity index (χ2n) is 7.48. The van der Waals surface area contributed by atoms with E-state index in [4.69, 9.17) is 16.3 Å². The molecule has 0 bridgehead atoms. The normalized spacial score (nSPS) is 14.6. The van der Waals surface area contributed by atoms with Gasteiger partial charge in [-0.05, 0) is 89.3 Å². The topological polar surface area (TPSA) is 46.5 Å². The number of hydrogen-bond donors (Lipinski definition) is 1. The van der Waals surface area contributed by atoms with Crippen LogP contribution in [0.4, 0.5) is 0 Å². The number of aryl methyl sites for hydroxylation is 2. The largest absolute Gasteiger partial charge is 0.479 e. The Hall–Kier alpha value is -1.58. The van der Waals surface area contributed by atoms with E-state index in [1.165, 1.54) is 0 Å². The van der Waals surface area contributed by atoms with Crippen LogP contribution in [0, 0.1) is 20.8 Å². The number of carboxylic acids is 1. The molecule has 138 valence electrons. The van der Waals surface area contributed by atoms with E-state index in [9.17, 15) is 9.90 Å². The van der Waals surface area contributed by atoms with Gasteiger partial charge in [0.15, 0.2) is 6.10 Å². The van der Waals surface area contributed by atoms with Crippen LogP contribution in [0.25, 0.3) is 5.57 Å². The van der Waals surface area contributed by atoms with Crippen molar-refractivity contribution in [1.29, 1.82) is 0 Å². The highest BCUT2D eigenvalue weighted by Gasteiger charge is 2.31. The van der Waals surface area contributed by atoms with Crippen LogP contribution in [0.1, 0.15) is 68.5 Å². The number of ether oxygens (including phenoxy) is 1. The third kappa shape index (κ3) is 5.72. The van der Waals surface area contributed by atoms with Gasteiger partial charge in [-0.15, -0.1) is 0 Å². The number of hydrogen-bond acceptors (Lipinski definition) is 2. The number of halogens is 1. The van der Waals surface area contributed by atoms with Gasteiger partial charge in [-0.1, -0.05) is 23.7 Å². The van der Waals surface area contributed by atoms with Crippen molar-refractivity contribution >= 4 is 23.1 Å². The van der Waals surface area contributed by atoms with Crippen LogP contribution in [-0.2, 0) is 9.53 Å². The van der Waals surface area contributed by atoms with Crippen LogP contribution < -0.4 is 0 Å². The average molecular weight is 365 g/mol. The van der Waals surface area contributed by atoms with E-state index in [1.807, 2.05) is 73.6 Å². The van der Waals surface area contributed by atoms with E-state index in [-0.39, 0.29) is 0 Å². The molecular weight excluding hydrogens is 336 g/mol. The van der Waals surface area contributed by atoms with Crippen molar-refractivity contribution in [3.05, 3.63) is 51.1 Å². The number of rotatable bonds is 5. The second-order valence-corrected chi connectivity index (χ2v) is 8.07. The van der Waals surface area contributed by atoms with E-state index in [1.54, 1.807) is 0 Å². The lowest BCUT2D eigenvalue weighted by molar-refractivity contribution is -0.160. The lowest BCUT2D eigenvalue weighted by Gasteiger charge is -2.29. The van der Waals surface area contributed by atoms with Crippen LogP contribution >= 0.6 is 11.6 Å². The molecule has 1 aromatic rings. The first-order valence-electron chi connectivity index (χ1n) is 8.37. The summed E-state index contributed by atoms with van der Waals surface area (Å²) in [6, 6.07) is 2.02. The van der Waals surface area contributed by atoms with E-state index >= 15 is 0 Å². The van der Waals surface area contributed by atoms with Crippen LogP contribution in [0.5, 0.6) is 0 Å². The van der Waals surface area contributed by atoms with E-state index < -0.39 is 17.7 Å². The van der Waals surface area contributed by atoms with Gasteiger partial charge in [0, 0.05) is 10.6 Å². The molecule has 1 atom stereocenters. The zero-order valence-electron chi connectivity index (χ0n) is 16.5. The van der Waals surface area contributed by atoms with Gasteiger partial charge >= 0.3 is 5.97 Å². The zero-order chi connectivity index (χ0) is 19.5. The van der Waals surface area contributed by atoms with E-state index in [2.05, 4.69) is 0 Å². The molecule has 0 radical (unpaired) electrons. The first kappa shape index (κ1) is 21.5. The molecule has 0 amide bonds. The summed E-state index contributed by atoms with van der Waals surface area (Å²) in [4.78, 5) is 12.0. The van der Waals surface area contributed by atoms with Gasteiger partial charge in [0.2, 0.25) is 0 Å². The monoisotopic (exact) mass is 364 g/mol.